The molecule has 0 saturated heterocycles. The minimum atomic E-state index is -0.0597. The molecule has 2 N–H and O–H groups in total. The second-order valence-electron chi connectivity index (χ2n) is 4.71. The molecule has 0 aromatic carbocycles. The Hall–Kier alpha value is -1.40. The third-order valence-electron chi connectivity index (χ3n) is 2.81. The number of nitrogens with one attached hydrogen (secondary N) is 1. The van der Waals surface area contributed by atoms with Gasteiger partial charge in [0.05, 0.1) is 0 Å². The van der Waals surface area contributed by atoms with Gasteiger partial charge in [-0.05, 0) is 39.8 Å². The second kappa shape index (κ2) is 8.66. The fraction of sp³-hybridized carbons (Fsp3) is 0.692. The van der Waals surface area contributed by atoms with Crippen LogP contribution in [0.15, 0.2) is 10.6 Å². The molecule has 0 aliphatic heterocycles. The number of nitrogens with zero attached hydrogens (tertiary/aromatic N) is 2. The van der Waals surface area contributed by atoms with Gasteiger partial charge in [-0.3, -0.25) is 4.79 Å². The van der Waals surface area contributed by atoms with Gasteiger partial charge >= 0.3 is 0 Å². The maximum atomic E-state index is 11.6. The van der Waals surface area contributed by atoms with Gasteiger partial charge in [0.1, 0.15) is 5.76 Å². The number of aryl methyl sites for hydroxylation is 1. The van der Waals surface area contributed by atoms with E-state index in [1.165, 1.54) is 0 Å². The molecule has 0 aliphatic carbocycles. The molecule has 6 nitrogen and oxygen atoms in total. The Labute approximate surface area is 113 Å². The van der Waals surface area contributed by atoms with Crippen LogP contribution in [-0.4, -0.2) is 47.8 Å². The fourth-order valence-electron chi connectivity index (χ4n) is 1.71. The monoisotopic (exact) mass is 269 g/mol. The molecule has 1 rings (SSSR count). The van der Waals surface area contributed by atoms with Crippen molar-refractivity contribution in [2.45, 2.75) is 32.6 Å². The van der Waals surface area contributed by atoms with E-state index >= 15 is 0 Å². The zero-order chi connectivity index (χ0) is 14.1. The van der Waals surface area contributed by atoms with Crippen molar-refractivity contribution < 1.29 is 14.4 Å². The predicted molar refractivity (Wildman–Crippen MR) is 72.9 cm³/mol. The summed E-state index contributed by atoms with van der Waals surface area (Å²) in [6.45, 7) is 3.68. The van der Waals surface area contributed by atoms with Crippen LogP contribution in [0.1, 0.15) is 31.4 Å². The molecule has 1 aromatic rings. The van der Waals surface area contributed by atoms with Crippen LogP contribution in [0, 0.1) is 6.92 Å². The summed E-state index contributed by atoms with van der Waals surface area (Å²) >= 11 is 0. The average molecular weight is 269 g/mol. The summed E-state index contributed by atoms with van der Waals surface area (Å²) in [5.41, 5.74) is 0. The van der Waals surface area contributed by atoms with Crippen molar-refractivity contribution in [3.8, 4) is 0 Å². The van der Waals surface area contributed by atoms with Crippen LogP contribution >= 0.6 is 0 Å². The van der Waals surface area contributed by atoms with Crippen LogP contribution in [0.5, 0.6) is 0 Å². The first kappa shape index (κ1) is 15.7. The van der Waals surface area contributed by atoms with Gasteiger partial charge in [-0.1, -0.05) is 5.16 Å². The highest BCUT2D eigenvalue weighted by Crippen LogP contribution is 2.07. The molecular formula is C13H23N3O3. The molecule has 1 amide bonds. The van der Waals surface area contributed by atoms with Crippen LogP contribution in [-0.2, 0) is 4.79 Å². The van der Waals surface area contributed by atoms with Crippen LogP contribution < -0.4 is 5.32 Å². The maximum absolute atomic E-state index is 11.6. The van der Waals surface area contributed by atoms with Gasteiger partial charge in [0.15, 0.2) is 5.82 Å². The van der Waals surface area contributed by atoms with Gasteiger partial charge < -0.3 is 19.8 Å². The van der Waals surface area contributed by atoms with E-state index in [2.05, 4.69) is 15.4 Å². The van der Waals surface area contributed by atoms with E-state index in [-0.39, 0.29) is 12.5 Å². The first-order valence-electron chi connectivity index (χ1n) is 6.64. The Morgan fingerprint density at radius 2 is 2.21 bits per heavy atom. The zero-order valence-electron chi connectivity index (χ0n) is 11.7. The summed E-state index contributed by atoms with van der Waals surface area (Å²) in [5, 5.41) is 15.1. The topological polar surface area (TPSA) is 78.6 Å². The van der Waals surface area contributed by atoms with Gasteiger partial charge in [0.25, 0.3) is 0 Å². The van der Waals surface area contributed by atoms with E-state index < -0.39 is 0 Å². The number of aromatic nitrogens is 1. The Kier molecular flexibility index (Phi) is 7.14. The average Bonchev–Trinajstić information content (AvgIpc) is 2.77. The number of anilines is 1. The van der Waals surface area contributed by atoms with E-state index in [4.69, 9.17) is 9.63 Å². The van der Waals surface area contributed by atoms with Crippen molar-refractivity contribution in [2.24, 2.45) is 0 Å². The molecule has 19 heavy (non-hydrogen) atoms. The Balaban J connectivity index is 2.12. The summed E-state index contributed by atoms with van der Waals surface area (Å²) in [6.07, 6.45) is 3.34. The Morgan fingerprint density at radius 1 is 1.42 bits per heavy atom. The third-order valence-corrected chi connectivity index (χ3v) is 2.81. The largest absolute Gasteiger partial charge is 0.396 e. The molecule has 0 radical (unpaired) electrons. The molecule has 1 aromatic heterocycles. The molecule has 0 spiro atoms. The van der Waals surface area contributed by atoms with Crippen molar-refractivity contribution in [1.82, 2.24) is 10.1 Å². The van der Waals surface area contributed by atoms with E-state index in [1.807, 2.05) is 7.05 Å². The molecule has 0 fully saturated rings. The van der Waals surface area contributed by atoms with Crippen LogP contribution in [0.25, 0.3) is 0 Å². The predicted octanol–water partition coefficient (Wildman–Crippen LogP) is 1.41. The van der Waals surface area contributed by atoms with Gasteiger partial charge in [0, 0.05) is 25.6 Å². The highest BCUT2D eigenvalue weighted by molar-refractivity contribution is 5.89. The van der Waals surface area contributed by atoms with E-state index in [9.17, 15) is 4.79 Å². The standard InChI is InChI=1S/C13H23N3O3/c1-11-10-12(15-19-11)14-13(18)6-8-16(2)7-4-3-5-9-17/h10,17H,3-9H2,1-2H3,(H,14,15,18). The minimum Gasteiger partial charge on any atom is -0.396 e. The molecule has 0 bridgehead atoms. The zero-order valence-corrected chi connectivity index (χ0v) is 11.7. The van der Waals surface area contributed by atoms with E-state index in [0.717, 1.165) is 25.8 Å². The van der Waals surface area contributed by atoms with Gasteiger partial charge in [0.2, 0.25) is 5.91 Å². The summed E-state index contributed by atoms with van der Waals surface area (Å²) in [7, 11) is 1.99. The van der Waals surface area contributed by atoms with Crippen molar-refractivity contribution in [3.05, 3.63) is 11.8 Å². The summed E-state index contributed by atoms with van der Waals surface area (Å²) in [6, 6.07) is 1.69. The third kappa shape index (κ3) is 6.93. The minimum absolute atomic E-state index is 0.0597. The van der Waals surface area contributed by atoms with Crippen LogP contribution in [0.3, 0.4) is 0 Å². The lowest BCUT2D eigenvalue weighted by Gasteiger charge is -2.15. The van der Waals surface area contributed by atoms with Gasteiger partial charge in [-0.15, -0.1) is 0 Å². The number of amides is 1. The van der Waals surface area contributed by atoms with Crippen LogP contribution in [0.4, 0.5) is 5.82 Å². The molecular weight excluding hydrogens is 246 g/mol. The molecule has 1 heterocycles. The van der Waals surface area contributed by atoms with E-state index in [0.29, 0.717) is 24.5 Å². The van der Waals surface area contributed by atoms with Gasteiger partial charge in [-0.2, -0.15) is 0 Å². The Morgan fingerprint density at radius 3 is 2.84 bits per heavy atom. The normalized spacial score (nSPS) is 10.9. The molecule has 0 saturated carbocycles. The highest BCUT2D eigenvalue weighted by atomic mass is 16.5. The van der Waals surface area contributed by atoms with Crippen molar-refractivity contribution in [1.29, 1.82) is 0 Å². The summed E-state index contributed by atoms with van der Waals surface area (Å²) in [5.74, 6) is 1.08. The van der Waals surface area contributed by atoms with Crippen molar-refractivity contribution in [2.75, 3.05) is 32.1 Å². The smallest absolute Gasteiger partial charge is 0.226 e. The lowest BCUT2D eigenvalue weighted by molar-refractivity contribution is -0.116. The SMILES string of the molecule is Cc1cc(NC(=O)CCN(C)CCCCCO)no1. The lowest BCUT2D eigenvalue weighted by atomic mass is 10.2. The number of hydrogen-bond donors (Lipinski definition) is 2. The van der Waals surface area contributed by atoms with Crippen molar-refractivity contribution in [3.63, 3.8) is 0 Å². The molecule has 0 aliphatic rings. The first-order valence-corrected chi connectivity index (χ1v) is 6.64. The number of unbranched alkanes of at least 4 members (excludes halogenated alkanes) is 2. The summed E-state index contributed by atoms with van der Waals surface area (Å²) in [4.78, 5) is 13.8. The molecule has 0 atom stereocenters. The van der Waals surface area contributed by atoms with E-state index in [1.54, 1.807) is 13.0 Å². The van der Waals surface area contributed by atoms with Crippen molar-refractivity contribution >= 4 is 11.7 Å². The number of aliphatic hydroxyl groups excluding tert-OH is 1. The molecule has 0 unspecified atom stereocenters. The first-order chi connectivity index (χ1) is 9.11. The quantitative estimate of drug-likeness (QED) is 0.663. The maximum Gasteiger partial charge on any atom is 0.226 e. The number of carbonyl (C=O) groups is 1. The Bertz CT molecular complexity index is 379. The molecule has 6 heteroatoms. The number of rotatable bonds is 9. The highest BCUT2D eigenvalue weighted by Gasteiger charge is 2.07. The van der Waals surface area contributed by atoms with Gasteiger partial charge in [-0.25, -0.2) is 0 Å². The fourth-order valence-corrected chi connectivity index (χ4v) is 1.71. The number of aliphatic hydroxyl groups is 1. The van der Waals surface area contributed by atoms with Crippen LogP contribution in [0.2, 0.25) is 0 Å². The molecule has 108 valence electrons. The lowest BCUT2D eigenvalue weighted by Crippen LogP contribution is -2.25. The number of carbonyl (C=O) groups excluding carboxylic acids is 1. The summed E-state index contributed by atoms with van der Waals surface area (Å²) < 4.78 is 4.87. The number of hydrogen-bond acceptors (Lipinski definition) is 5. The second-order valence-corrected chi connectivity index (χ2v) is 4.71.